The summed E-state index contributed by atoms with van der Waals surface area (Å²) >= 11 is 0. The molecule has 1 aliphatic carbocycles. The van der Waals surface area contributed by atoms with E-state index in [1.54, 1.807) is 0 Å². The van der Waals surface area contributed by atoms with E-state index in [2.05, 4.69) is 235 Å². The Hall–Kier alpha value is -7.49. The monoisotopic (exact) mass is 800 g/mol. The topological polar surface area (TPSA) is 24.8 Å². The summed E-state index contributed by atoms with van der Waals surface area (Å²) in [6.07, 6.45) is 10.1. The number of para-hydroxylation sites is 1. The molecule has 0 saturated heterocycles. The molecule has 3 nitrogen and oxygen atoms in total. The Morgan fingerprint density at radius 1 is 0.516 bits per heavy atom. The number of allylic oxidation sites excluding steroid dienone is 4. The van der Waals surface area contributed by atoms with Gasteiger partial charge in [-0.05, 0) is 130 Å². The van der Waals surface area contributed by atoms with E-state index in [-0.39, 0.29) is 18.1 Å². The Bertz CT molecular complexity index is 2860. The first kappa shape index (κ1) is 38.7. The maximum Gasteiger partial charge on any atom is 0.217 e. The van der Waals surface area contributed by atoms with Crippen molar-refractivity contribution >= 4 is 23.0 Å². The number of hydrogen-bond acceptors (Lipinski definition) is 3. The normalized spacial score (nSPS) is 16.7. The van der Waals surface area contributed by atoms with Gasteiger partial charge in [0.1, 0.15) is 6.10 Å². The van der Waals surface area contributed by atoms with Crippen LogP contribution in [0.1, 0.15) is 53.2 Å². The predicted octanol–water partition coefficient (Wildman–Crippen LogP) is 15.3. The summed E-state index contributed by atoms with van der Waals surface area (Å²) in [4.78, 5) is 7.61. The van der Waals surface area contributed by atoms with Crippen molar-refractivity contribution in [3.63, 3.8) is 0 Å². The first-order chi connectivity index (χ1) is 30.7. The lowest BCUT2D eigenvalue weighted by atomic mass is 9.75. The average Bonchev–Trinajstić information content (AvgIpc) is 3.79. The fraction of sp³-hybridized carbons (Fsp3) is 0.102. The third kappa shape index (κ3) is 7.93. The van der Waals surface area contributed by atoms with Gasteiger partial charge in [-0.25, -0.2) is 4.99 Å². The zero-order valence-electron chi connectivity index (χ0n) is 34.9. The smallest absolute Gasteiger partial charge is 0.217 e. The van der Waals surface area contributed by atoms with Gasteiger partial charge in [-0.3, -0.25) is 0 Å². The average molecular weight is 801 g/mol. The molecule has 8 aromatic carbocycles. The largest absolute Gasteiger partial charge is 0.467 e. The van der Waals surface area contributed by atoms with Crippen LogP contribution in [0.5, 0.6) is 0 Å². The molecule has 3 atom stereocenters. The SMILES string of the molecule is C/C=C\C=C/Cc1ccc(N(c2ccccc2)c2ccc(-c3ccc(C4CC5N=C(c6ccc(-c7ccccc7)cc6)OC5c5ccccc54)cc3-c3ccccc3)cc2)cc1. The Kier molecular flexibility index (Phi) is 11.0. The van der Waals surface area contributed by atoms with E-state index < -0.39 is 0 Å². The molecule has 300 valence electrons. The minimum atomic E-state index is -0.101. The van der Waals surface area contributed by atoms with Crippen LogP contribution in [0.2, 0.25) is 0 Å². The fourth-order valence-electron chi connectivity index (χ4n) is 9.12. The molecule has 0 saturated carbocycles. The molecule has 0 N–H and O–H groups in total. The van der Waals surface area contributed by atoms with Gasteiger partial charge in [0.05, 0.1) is 6.04 Å². The summed E-state index contributed by atoms with van der Waals surface area (Å²) < 4.78 is 6.73. The zero-order chi connectivity index (χ0) is 41.7. The van der Waals surface area contributed by atoms with E-state index >= 15 is 0 Å². The summed E-state index contributed by atoms with van der Waals surface area (Å²) in [7, 11) is 0. The minimum absolute atomic E-state index is 0.0231. The van der Waals surface area contributed by atoms with Crippen LogP contribution in [0.25, 0.3) is 33.4 Å². The van der Waals surface area contributed by atoms with Crippen molar-refractivity contribution in [2.75, 3.05) is 4.90 Å². The number of benzene rings is 8. The highest BCUT2D eigenvalue weighted by Gasteiger charge is 2.41. The summed E-state index contributed by atoms with van der Waals surface area (Å²) in [5.41, 5.74) is 16.7. The van der Waals surface area contributed by atoms with Gasteiger partial charge in [-0.1, -0.05) is 176 Å². The summed E-state index contributed by atoms with van der Waals surface area (Å²) in [6, 6.07) is 74.4. The molecule has 3 heteroatoms. The lowest BCUT2D eigenvalue weighted by Gasteiger charge is -2.33. The van der Waals surface area contributed by atoms with Crippen LogP contribution in [0.4, 0.5) is 17.1 Å². The summed E-state index contributed by atoms with van der Waals surface area (Å²) in [5.74, 6) is 0.906. The van der Waals surface area contributed by atoms with Crippen LogP contribution >= 0.6 is 0 Å². The molecule has 0 fully saturated rings. The molecule has 2 aliphatic rings. The molecule has 10 rings (SSSR count). The van der Waals surface area contributed by atoms with Crippen molar-refractivity contribution in [3.05, 3.63) is 258 Å². The maximum absolute atomic E-state index is 6.73. The van der Waals surface area contributed by atoms with Crippen LogP contribution in [0.3, 0.4) is 0 Å². The molecule has 1 heterocycles. The molecule has 62 heavy (non-hydrogen) atoms. The van der Waals surface area contributed by atoms with Gasteiger partial charge in [0.15, 0.2) is 0 Å². The Balaban J connectivity index is 0.966. The van der Waals surface area contributed by atoms with Crippen molar-refractivity contribution in [3.8, 4) is 33.4 Å². The first-order valence-electron chi connectivity index (χ1n) is 21.7. The molecule has 1 aliphatic heterocycles. The van der Waals surface area contributed by atoms with E-state index in [9.17, 15) is 0 Å². The second kappa shape index (κ2) is 17.6. The van der Waals surface area contributed by atoms with Gasteiger partial charge in [0.2, 0.25) is 5.90 Å². The van der Waals surface area contributed by atoms with Crippen molar-refractivity contribution in [1.82, 2.24) is 0 Å². The van der Waals surface area contributed by atoms with E-state index in [4.69, 9.17) is 9.73 Å². The first-order valence-corrected chi connectivity index (χ1v) is 21.7. The van der Waals surface area contributed by atoms with Gasteiger partial charge in [-0.15, -0.1) is 0 Å². The molecular weight excluding hydrogens is 753 g/mol. The maximum atomic E-state index is 6.73. The summed E-state index contributed by atoms with van der Waals surface area (Å²) in [6.45, 7) is 2.04. The summed E-state index contributed by atoms with van der Waals surface area (Å²) in [5, 5.41) is 0. The second-order valence-corrected chi connectivity index (χ2v) is 16.1. The zero-order valence-corrected chi connectivity index (χ0v) is 34.9. The third-order valence-electron chi connectivity index (χ3n) is 12.2. The van der Waals surface area contributed by atoms with Crippen LogP contribution in [-0.2, 0) is 11.2 Å². The van der Waals surface area contributed by atoms with Gasteiger partial charge in [0.25, 0.3) is 0 Å². The van der Waals surface area contributed by atoms with E-state index in [1.165, 1.54) is 55.6 Å². The second-order valence-electron chi connectivity index (χ2n) is 16.1. The fourth-order valence-corrected chi connectivity index (χ4v) is 9.12. The van der Waals surface area contributed by atoms with Crippen LogP contribution < -0.4 is 4.90 Å². The number of hydrogen-bond donors (Lipinski definition) is 0. The Morgan fingerprint density at radius 2 is 1.06 bits per heavy atom. The molecular formula is C59H48N2O. The molecule has 0 aromatic heterocycles. The number of ether oxygens (including phenoxy) is 1. The standard InChI is InChI=1S/C59H48N2O/c1-2-3-4-8-17-42-26-35-50(36-27-42)61(49-22-13-7-14-23-49)51-37-32-46(33-38-51)52-39-34-48(40-55(52)45-20-11-6-12-21-45)56-41-57-58(54-25-16-15-24-53(54)56)62-59(60-57)47-30-28-44(29-31-47)43-18-9-5-10-19-43/h2-16,18-40,56-58H,17,41H2,1H3/b3-2-,8-4-. The Morgan fingerprint density at radius 3 is 1.76 bits per heavy atom. The van der Waals surface area contributed by atoms with Gasteiger partial charge < -0.3 is 9.64 Å². The number of rotatable bonds is 11. The third-order valence-corrected chi connectivity index (χ3v) is 12.2. The van der Waals surface area contributed by atoms with E-state index in [1.807, 2.05) is 6.92 Å². The number of aliphatic imine (C=N–C) groups is 1. The van der Waals surface area contributed by atoms with Crippen molar-refractivity contribution in [1.29, 1.82) is 0 Å². The molecule has 0 bridgehead atoms. The van der Waals surface area contributed by atoms with Crippen molar-refractivity contribution in [2.24, 2.45) is 4.99 Å². The van der Waals surface area contributed by atoms with Crippen LogP contribution in [0.15, 0.2) is 236 Å². The minimum Gasteiger partial charge on any atom is -0.467 e. The van der Waals surface area contributed by atoms with E-state index in [0.717, 1.165) is 41.4 Å². The molecule has 0 spiro atoms. The van der Waals surface area contributed by atoms with Gasteiger partial charge >= 0.3 is 0 Å². The number of anilines is 3. The predicted molar refractivity (Wildman–Crippen MR) is 259 cm³/mol. The molecule has 3 unspecified atom stereocenters. The van der Waals surface area contributed by atoms with Crippen molar-refractivity contribution < 1.29 is 4.74 Å². The number of nitrogens with zero attached hydrogens (tertiary/aromatic N) is 2. The van der Waals surface area contributed by atoms with Crippen LogP contribution in [-0.4, -0.2) is 11.9 Å². The van der Waals surface area contributed by atoms with Crippen LogP contribution in [0, 0.1) is 0 Å². The molecule has 8 aromatic rings. The molecule has 0 amide bonds. The number of fused-ring (bicyclic) bond motifs is 3. The van der Waals surface area contributed by atoms with Gasteiger partial charge in [0, 0.05) is 28.5 Å². The quantitative estimate of drug-likeness (QED) is 0.122. The highest BCUT2D eigenvalue weighted by molar-refractivity contribution is 5.96. The van der Waals surface area contributed by atoms with Gasteiger partial charge in [-0.2, -0.15) is 0 Å². The highest BCUT2D eigenvalue weighted by Crippen LogP contribution is 2.48. The van der Waals surface area contributed by atoms with Crippen molar-refractivity contribution in [2.45, 2.75) is 37.8 Å². The lowest BCUT2D eigenvalue weighted by molar-refractivity contribution is 0.179. The lowest BCUT2D eigenvalue weighted by Crippen LogP contribution is -2.25. The Labute approximate surface area is 365 Å². The highest BCUT2D eigenvalue weighted by atomic mass is 16.5. The van der Waals surface area contributed by atoms with E-state index in [0.29, 0.717) is 0 Å². The molecule has 0 radical (unpaired) electrons.